The fraction of sp³-hybridized carbons (Fsp3) is 0.316. The minimum Gasteiger partial charge on any atom is -0.348 e. The number of anilines is 2. The Balaban J connectivity index is 1.44. The Morgan fingerprint density at radius 3 is 2.87 bits per heavy atom. The van der Waals surface area contributed by atoms with Crippen LogP contribution in [0.15, 0.2) is 29.3 Å². The van der Waals surface area contributed by atoms with Crippen LogP contribution in [0.25, 0.3) is 16.0 Å². The maximum absolute atomic E-state index is 12.7. The second-order valence-electron chi connectivity index (χ2n) is 7.23. The fourth-order valence-corrected chi connectivity index (χ4v) is 4.71. The zero-order valence-electron chi connectivity index (χ0n) is 16.1. The normalized spacial score (nSPS) is 14.1. The number of carbonyl (C=O) groups is 1. The van der Waals surface area contributed by atoms with Crippen LogP contribution in [0.1, 0.15) is 18.4 Å². The summed E-state index contributed by atoms with van der Waals surface area (Å²) < 4.78 is 3.22. The van der Waals surface area contributed by atoms with Gasteiger partial charge in [0.25, 0.3) is 0 Å². The molecule has 154 valence electrons. The molecule has 0 spiro atoms. The van der Waals surface area contributed by atoms with E-state index in [0.717, 1.165) is 46.0 Å². The van der Waals surface area contributed by atoms with Crippen molar-refractivity contribution in [1.29, 1.82) is 0 Å². The zero-order chi connectivity index (χ0) is 20.8. The topological polar surface area (TPSA) is 97.4 Å². The van der Waals surface area contributed by atoms with E-state index in [0.29, 0.717) is 22.0 Å². The number of carbonyl (C=O) groups excluding carboxylic acids is 1. The van der Waals surface area contributed by atoms with Crippen LogP contribution in [0.3, 0.4) is 0 Å². The maximum Gasteiger partial charge on any atom is 0.352 e. The first kappa shape index (κ1) is 19.0. The standard InChI is InChI=1S/C19H18ClN7O2S/c1-11-4-5-12(8-13(11)20)22-14(28)9-27-19(29)26-10-21-16-15(17(26)24-27)30-18(23-16)25-6-2-3-7-25/h4-5,8,10H,2-3,6-7,9H2,1H3,(H,22,28). The molecule has 9 nitrogen and oxygen atoms in total. The van der Waals surface area contributed by atoms with E-state index in [2.05, 4.69) is 25.3 Å². The lowest BCUT2D eigenvalue weighted by molar-refractivity contribution is -0.117. The van der Waals surface area contributed by atoms with Gasteiger partial charge in [-0.15, -0.1) is 5.10 Å². The second-order valence-corrected chi connectivity index (χ2v) is 8.62. The van der Waals surface area contributed by atoms with Gasteiger partial charge >= 0.3 is 5.69 Å². The molecule has 1 aromatic carbocycles. The lowest BCUT2D eigenvalue weighted by Gasteiger charge is -2.11. The largest absolute Gasteiger partial charge is 0.352 e. The van der Waals surface area contributed by atoms with Gasteiger partial charge in [0.2, 0.25) is 5.91 Å². The van der Waals surface area contributed by atoms with Gasteiger partial charge in [0.15, 0.2) is 16.4 Å². The van der Waals surface area contributed by atoms with Crippen molar-refractivity contribution in [2.24, 2.45) is 0 Å². The highest BCUT2D eigenvalue weighted by atomic mass is 35.5. The Hall–Kier alpha value is -2.98. The summed E-state index contributed by atoms with van der Waals surface area (Å²) in [5.74, 6) is -0.369. The first-order valence-corrected chi connectivity index (χ1v) is 10.7. The van der Waals surface area contributed by atoms with Crippen molar-refractivity contribution < 1.29 is 4.79 Å². The highest BCUT2D eigenvalue weighted by Gasteiger charge is 2.20. The number of thiazole rings is 1. The summed E-state index contributed by atoms with van der Waals surface area (Å²) in [7, 11) is 0. The predicted octanol–water partition coefficient (Wildman–Crippen LogP) is 2.70. The first-order chi connectivity index (χ1) is 14.5. The van der Waals surface area contributed by atoms with Gasteiger partial charge in [-0.05, 0) is 37.5 Å². The van der Waals surface area contributed by atoms with Crippen LogP contribution in [0, 0.1) is 6.92 Å². The van der Waals surface area contributed by atoms with Gasteiger partial charge in [0.05, 0.1) is 0 Å². The first-order valence-electron chi connectivity index (χ1n) is 9.55. The monoisotopic (exact) mass is 443 g/mol. The van der Waals surface area contributed by atoms with Crippen LogP contribution in [0.5, 0.6) is 0 Å². The average molecular weight is 444 g/mol. The Morgan fingerprint density at radius 2 is 2.10 bits per heavy atom. The van der Waals surface area contributed by atoms with Crippen LogP contribution in [-0.2, 0) is 11.3 Å². The van der Waals surface area contributed by atoms with Crippen molar-refractivity contribution in [1.82, 2.24) is 24.1 Å². The lowest BCUT2D eigenvalue weighted by atomic mass is 10.2. The van der Waals surface area contributed by atoms with Crippen molar-refractivity contribution in [2.75, 3.05) is 23.3 Å². The van der Waals surface area contributed by atoms with Crippen molar-refractivity contribution in [2.45, 2.75) is 26.3 Å². The van der Waals surface area contributed by atoms with Crippen molar-refractivity contribution >= 4 is 55.7 Å². The van der Waals surface area contributed by atoms with Gasteiger partial charge in [-0.25, -0.2) is 18.9 Å². The maximum atomic E-state index is 12.7. The number of benzene rings is 1. The number of aryl methyl sites for hydroxylation is 1. The van der Waals surface area contributed by atoms with Gasteiger partial charge in [-0.1, -0.05) is 29.0 Å². The quantitative estimate of drug-likeness (QED) is 0.520. The molecule has 4 heterocycles. The van der Waals surface area contributed by atoms with Crippen LogP contribution in [-0.4, -0.2) is 43.1 Å². The molecule has 5 rings (SSSR count). The molecule has 0 saturated carbocycles. The van der Waals surface area contributed by atoms with Gasteiger partial charge in [0.1, 0.15) is 17.6 Å². The van der Waals surface area contributed by atoms with Gasteiger partial charge in [-0.3, -0.25) is 4.79 Å². The van der Waals surface area contributed by atoms with E-state index < -0.39 is 5.69 Å². The molecule has 0 radical (unpaired) electrons. The van der Waals surface area contributed by atoms with E-state index >= 15 is 0 Å². The molecule has 4 aromatic rings. The van der Waals surface area contributed by atoms with E-state index in [-0.39, 0.29) is 12.5 Å². The SMILES string of the molecule is Cc1ccc(NC(=O)Cn2nc3c4sc(N5CCCC5)nc4ncn3c2=O)cc1Cl. The molecule has 1 fully saturated rings. The molecule has 30 heavy (non-hydrogen) atoms. The molecule has 0 unspecified atom stereocenters. The van der Waals surface area contributed by atoms with Gasteiger partial charge in [0, 0.05) is 23.8 Å². The Labute approximate surface area is 179 Å². The summed E-state index contributed by atoms with van der Waals surface area (Å²) in [6, 6.07) is 5.25. The van der Waals surface area contributed by atoms with Crippen molar-refractivity contribution in [3.05, 3.63) is 45.6 Å². The summed E-state index contributed by atoms with van der Waals surface area (Å²) in [5, 5.41) is 8.58. The molecule has 0 bridgehead atoms. The number of amides is 1. The zero-order valence-corrected chi connectivity index (χ0v) is 17.7. The van der Waals surface area contributed by atoms with Crippen LogP contribution in [0.4, 0.5) is 10.8 Å². The summed E-state index contributed by atoms with van der Waals surface area (Å²) in [6.45, 7) is 3.61. The number of fused-ring (bicyclic) bond motifs is 3. The summed E-state index contributed by atoms with van der Waals surface area (Å²) in [4.78, 5) is 36.3. The molecule has 1 aliphatic heterocycles. The molecular formula is C19H18ClN7O2S. The lowest BCUT2D eigenvalue weighted by Crippen LogP contribution is -2.28. The number of rotatable bonds is 4. The number of nitrogens with zero attached hydrogens (tertiary/aromatic N) is 6. The molecule has 1 N–H and O–H groups in total. The molecule has 0 atom stereocenters. The van der Waals surface area contributed by atoms with Crippen molar-refractivity contribution in [3.8, 4) is 0 Å². The van der Waals surface area contributed by atoms with Gasteiger partial charge < -0.3 is 10.2 Å². The van der Waals surface area contributed by atoms with Crippen LogP contribution < -0.4 is 15.9 Å². The third kappa shape index (κ3) is 3.31. The number of aromatic nitrogens is 5. The van der Waals surface area contributed by atoms with E-state index in [9.17, 15) is 9.59 Å². The number of hydrogen-bond acceptors (Lipinski definition) is 7. The summed E-state index contributed by atoms with van der Waals surface area (Å²) in [5.41, 5.74) is 2.08. The molecular weight excluding hydrogens is 426 g/mol. The summed E-state index contributed by atoms with van der Waals surface area (Å²) in [6.07, 6.45) is 3.71. The third-order valence-corrected chi connectivity index (χ3v) is 6.60. The number of hydrogen-bond donors (Lipinski definition) is 1. The second kappa shape index (κ2) is 7.37. The minimum absolute atomic E-state index is 0.217. The van der Waals surface area contributed by atoms with E-state index in [1.807, 2.05) is 13.0 Å². The number of nitrogens with one attached hydrogen (secondary N) is 1. The molecule has 1 saturated heterocycles. The minimum atomic E-state index is -0.424. The molecule has 11 heteroatoms. The predicted molar refractivity (Wildman–Crippen MR) is 117 cm³/mol. The number of halogens is 1. The highest BCUT2D eigenvalue weighted by molar-refractivity contribution is 7.22. The molecule has 1 aliphatic rings. The Bertz CT molecular complexity index is 1340. The van der Waals surface area contributed by atoms with Crippen molar-refractivity contribution in [3.63, 3.8) is 0 Å². The molecule has 1 amide bonds. The van der Waals surface area contributed by atoms with Crippen LogP contribution in [0.2, 0.25) is 5.02 Å². The smallest absolute Gasteiger partial charge is 0.348 e. The third-order valence-electron chi connectivity index (χ3n) is 5.09. The van der Waals surface area contributed by atoms with E-state index in [1.54, 1.807) is 12.1 Å². The fourth-order valence-electron chi connectivity index (χ4n) is 3.48. The average Bonchev–Trinajstić information content (AvgIpc) is 3.44. The van der Waals surface area contributed by atoms with E-state index in [4.69, 9.17) is 11.6 Å². The van der Waals surface area contributed by atoms with E-state index in [1.165, 1.54) is 22.1 Å². The van der Waals surface area contributed by atoms with Crippen LogP contribution >= 0.6 is 22.9 Å². The molecule has 0 aliphatic carbocycles. The van der Waals surface area contributed by atoms with Gasteiger partial charge in [-0.2, -0.15) is 4.98 Å². The Kier molecular flexibility index (Phi) is 4.67. The Morgan fingerprint density at radius 1 is 1.30 bits per heavy atom. The highest BCUT2D eigenvalue weighted by Crippen LogP contribution is 2.31. The molecule has 3 aromatic heterocycles. The summed E-state index contributed by atoms with van der Waals surface area (Å²) >= 11 is 7.58.